The predicted octanol–water partition coefficient (Wildman–Crippen LogP) is -0.502. The van der Waals surface area contributed by atoms with Crippen LogP contribution in [0.15, 0.2) is 0 Å². The number of carbonyl (C=O) groups is 2. The summed E-state index contributed by atoms with van der Waals surface area (Å²) in [5.74, 6) is -0.983. The number of nitrogens with zero attached hydrogens (tertiary/aromatic N) is 1. The molecule has 0 aromatic carbocycles. The molecule has 0 rings (SSSR count). The van der Waals surface area contributed by atoms with Crippen LogP contribution in [-0.2, 0) is 9.53 Å². The van der Waals surface area contributed by atoms with Crippen molar-refractivity contribution in [3.63, 3.8) is 0 Å². The lowest BCUT2D eigenvalue weighted by atomic mass is 10.2. The molecule has 0 aromatic rings. The summed E-state index contributed by atoms with van der Waals surface area (Å²) in [6, 6.07) is -0.672. The Morgan fingerprint density at radius 2 is 2.06 bits per heavy atom. The molecule has 2 atom stereocenters. The van der Waals surface area contributed by atoms with Gasteiger partial charge in [0.2, 0.25) is 0 Å². The fourth-order valence-electron chi connectivity index (χ4n) is 1.08. The predicted molar refractivity (Wildman–Crippen MR) is 60.8 cm³/mol. The molecule has 0 saturated carbocycles. The standard InChI is InChI=1S/C10H20N2O5/c1-7(6-13)12(2)10(16)11-5-8(17-3)4-9(14)15/h7-8,13H,4-6H2,1-3H3,(H,11,16)(H,14,15). The number of carbonyl (C=O) groups excluding carboxylic acids is 1. The van der Waals surface area contributed by atoms with Crippen LogP contribution < -0.4 is 5.32 Å². The highest BCUT2D eigenvalue weighted by molar-refractivity contribution is 5.74. The third kappa shape index (κ3) is 6.08. The van der Waals surface area contributed by atoms with Gasteiger partial charge in [-0.1, -0.05) is 0 Å². The van der Waals surface area contributed by atoms with E-state index < -0.39 is 12.1 Å². The van der Waals surface area contributed by atoms with Crippen molar-refractivity contribution in [2.45, 2.75) is 25.5 Å². The summed E-state index contributed by atoms with van der Waals surface area (Å²) in [5.41, 5.74) is 0. The van der Waals surface area contributed by atoms with Gasteiger partial charge in [-0.2, -0.15) is 0 Å². The number of carboxylic acid groups (broad SMARTS) is 1. The number of hydrogen-bond donors (Lipinski definition) is 3. The third-order valence-corrected chi connectivity index (χ3v) is 2.46. The van der Waals surface area contributed by atoms with Crippen LogP contribution in [0.3, 0.4) is 0 Å². The van der Waals surface area contributed by atoms with E-state index in [-0.39, 0.29) is 31.6 Å². The molecule has 7 nitrogen and oxygen atoms in total. The molecule has 0 aliphatic carbocycles. The first kappa shape index (κ1) is 15.7. The van der Waals surface area contributed by atoms with E-state index in [0.717, 1.165) is 0 Å². The van der Waals surface area contributed by atoms with E-state index >= 15 is 0 Å². The summed E-state index contributed by atoms with van der Waals surface area (Å²) in [6.45, 7) is 1.68. The Hall–Kier alpha value is -1.34. The Morgan fingerprint density at radius 1 is 1.47 bits per heavy atom. The van der Waals surface area contributed by atoms with Crippen LogP contribution in [0.4, 0.5) is 4.79 Å². The molecule has 0 heterocycles. The van der Waals surface area contributed by atoms with Crippen LogP contribution >= 0.6 is 0 Å². The average Bonchev–Trinajstić information content (AvgIpc) is 2.31. The van der Waals surface area contributed by atoms with Gasteiger partial charge in [-0.3, -0.25) is 4.79 Å². The maximum atomic E-state index is 11.6. The summed E-state index contributed by atoms with van der Waals surface area (Å²) < 4.78 is 4.91. The van der Waals surface area contributed by atoms with Crippen molar-refractivity contribution >= 4 is 12.0 Å². The number of methoxy groups -OCH3 is 1. The van der Waals surface area contributed by atoms with Crippen molar-refractivity contribution in [3.05, 3.63) is 0 Å². The van der Waals surface area contributed by atoms with Gasteiger partial charge in [0.15, 0.2) is 0 Å². The normalized spacial score (nSPS) is 13.9. The number of likely N-dealkylation sites (N-methyl/N-ethyl adjacent to an activating group) is 1. The molecule has 0 aliphatic heterocycles. The third-order valence-electron chi connectivity index (χ3n) is 2.46. The van der Waals surface area contributed by atoms with E-state index in [4.69, 9.17) is 14.9 Å². The van der Waals surface area contributed by atoms with E-state index in [2.05, 4.69) is 5.32 Å². The molecular formula is C10H20N2O5. The molecule has 0 aromatic heterocycles. The Kier molecular flexibility index (Phi) is 7.24. The summed E-state index contributed by atoms with van der Waals surface area (Å²) >= 11 is 0. The number of aliphatic hydroxyl groups is 1. The maximum absolute atomic E-state index is 11.6. The Labute approximate surface area is 100 Å². The van der Waals surface area contributed by atoms with Gasteiger partial charge in [-0.25, -0.2) is 4.79 Å². The van der Waals surface area contributed by atoms with Gasteiger partial charge >= 0.3 is 12.0 Å². The van der Waals surface area contributed by atoms with Crippen molar-refractivity contribution in [3.8, 4) is 0 Å². The number of nitrogens with one attached hydrogen (secondary N) is 1. The van der Waals surface area contributed by atoms with Crippen molar-refractivity contribution in [1.29, 1.82) is 0 Å². The van der Waals surface area contributed by atoms with Crippen LogP contribution in [0.2, 0.25) is 0 Å². The zero-order chi connectivity index (χ0) is 13.4. The van der Waals surface area contributed by atoms with E-state index in [1.165, 1.54) is 12.0 Å². The number of aliphatic hydroxyl groups excluding tert-OH is 1. The Morgan fingerprint density at radius 3 is 2.47 bits per heavy atom. The summed E-state index contributed by atoms with van der Waals surface area (Å²) in [6.07, 6.45) is -0.731. The highest BCUT2D eigenvalue weighted by atomic mass is 16.5. The van der Waals surface area contributed by atoms with E-state index in [9.17, 15) is 9.59 Å². The number of ether oxygens (including phenoxy) is 1. The monoisotopic (exact) mass is 248 g/mol. The highest BCUT2D eigenvalue weighted by Gasteiger charge is 2.17. The summed E-state index contributed by atoms with van der Waals surface area (Å²) in [4.78, 5) is 23.4. The molecule has 2 amide bonds. The first-order chi connectivity index (χ1) is 7.92. The quantitative estimate of drug-likeness (QED) is 0.564. The molecule has 0 fully saturated rings. The van der Waals surface area contributed by atoms with Gasteiger partial charge in [0.25, 0.3) is 0 Å². The molecule has 3 N–H and O–H groups in total. The number of rotatable bonds is 7. The van der Waals surface area contributed by atoms with Crippen molar-refractivity contribution in [2.75, 3.05) is 27.3 Å². The second-order valence-corrected chi connectivity index (χ2v) is 3.78. The van der Waals surface area contributed by atoms with Gasteiger partial charge in [-0.15, -0.1) is 0 Å². The van der Waals surface area contributed by atoms with Gasteiger partial charge in [0.1, 0.15) is 0 Å². The van der Waals surface area contributed by atoms with Gasteiger partial charge in [0.05, 0.1) is 25.2 Å². The first-order valence-corrected chi connectivity index (χ1v) is 5.28. The highest BCUT2D eigenvalue weighted by Crippen LogP contribution is 1.98. The minimum absolute atomic E-state index is 0.115. The number of aliphatic carboxylic acids is 1. The minimum Gasteiger partial charge on any atom is -0.481 e. The number of amides is 2. The first-order valence-electron chi connectivity index (χ1n) is 5.28. The topological polar surface area (TPSA) is 99.1 Å². The zero-order valence-electron chi connectivity index (χ0n) is 10.3. The van der Waals surface area contributed by atoms with Crippen molar-refractivity contribution in [1.82, 2.24) is 10.2 Å². The minimum atomic E-state index is -0.983. The van der Waals surface area contributed by atoms with E-state index in [1.807, 2.05) is 0 Å². The molecule has 0 spiro atoms. The average molecular weight is 248 g/mol. The summed E-state index contributed by atoms with van der Waals surface area (Å²) in [7, 11) is 2.94. The van der Waals surface area contributed by atoms with Crippen LogP contribution in [-0.4, -0.2) is 66.6 Å². The zero-order valence-corrected chi connectivity index (χ0v) is 10.3. The molecule has 17 heavy (non-hydrogen) atoms. The van der Waals surface area contributed by atoms with Gasteiger partial charge in [-0.05, 0) is 6.92 Å². The Bertz CT molecular complexity index is 259. The molecule has 0 radical (unpaired) electrons. The maximum Gasteiger partial charge on any atom is 0.317 e. The lowest BCUT2D eigenvalue weighted by molar-refractivity contribution is -0.139. The molecule has 0 saturated heterocycles. The second-order valence-electron chi connectivity index (χ2n) is 3.78. The molecular weight excluding hydrogens is 228 g/mol. The van der Waals surface area contributed by atoms with Gasteiger partial charge in [0, 0.05) is 20.7 Å². The van der Waals surface area contributed by atoms with Crippen LogP contribution in [0.1, 0.15) is 13.3 Å². The van der Waals surface area contributed by atoms with Crippen LogP contribution in [0, 0.1) is 0 Å². The smallest absolute Gasteiger partial charge is 0.317 e. The molecule has 0 bridgehead atoms. The molecule has 100 valence electrons. The van der Waals surface area contributed by atoms with E-state index in [0.29, 0.717) is 0 Å². The lowest BCUT2D eigenvalue weighted by Crippen LogP contribution is -2.46. The number of carboxylic acids is 1. The van der Waals surface area contributed by atoms with Gasteiger partial charge < -0.3 is 25.2 Å². The number of hydrogen-bond acceptors (Lipinski definition) is 4. The lowest BCUT2D eigenvalue weighted by Gasteiger charge is -2.24. The Balaban J connectivity index is 4.08. The molecule has 7 heteroatoms. The van der Waals surface area contributed by atoms with E-state index in [1.54, 1.807) is 14.0 Å². The SMILES string of the molecule is COC(CNC(=O)N(C)C(C)CO)CC(=O)O. The largest absolute Gasteiger partial charge is 0.481 e. The summed E-state index contributed by atoms with van der Waals surface area (Å²) in [5, 5.41) is 20.0. The van der Waals surface area contributed by atoms with Crippen LogP contribution in [0.5, 0.6) is 0 Å². The fraction of sp³-hybridized carbons (Fsp3) is 0.800. The van der Waals surface area contributed by atoms with Crippen molar-refractivity contribution in [2.24, 2.45) is 0 Å². The molecule has 0 aliphatic rings. The number of urea groups is 1. The van der Waals surface area contributed by atoms with Crippen LogP contribution in [0.25, 0.3) is 0 Å². The second kappa shape index (κ2) is 7.86. The fourth-order valence-corrected chi connectivity index (χ4v) is 1.08. The van der Waals surface area contributed by atoms with Crippen molar-refractivity contribution < 1.29 is 24.5 Å². The molecule has 2 unspecified atom stereocenters.